The van der Waals surface area contributed by atoms with Crippen LogP contribution < -0.4 is 26.0 Å². The predicted octanol–water partition coefficient (Wildman–Crippen LogP) is 15.7. The van der Waals surface area contributed by atoms with Crippen LogP contribution in [0.1, 0.15) is 119 Å². The van der Waals surface area contributed by atoms with Crippen molar-refractivity contribution in [2.24, 2.45) is 0 Å². The van der Waals surface area contributed by atoms with Gasteiger partial charge in [-0.2, -0.15) is 35.1 Å². The van der Waals surface area contributed by atoms with Gasteiger partial charge in [-0.15, -0.1) is 13.2 Å². The van der Waals surface area contributed by atoms with E-state index in [4.69, 9.17) is 55.2 Å². The summed E-state index contributed by atoms with van der Waals surface area (Å²) in [6.45, 7) is 1.23. The maximum atomic E-state index is 14.4. The number of nitrogens with one attached hydrogen (secondary N) is 4. The molecular weight excluding hydrogens is 1800 g/mol. The number of alkyl halides is 11. The molecule has 8 aromatic rings. The SMILES string of the molecule is CC(F)(F)S(=O)(=O)c1ccc(NC(=O)N2CC=C(c3ncc([C@H](O)CO)cc3Cl)CC2)cc1.Cc1cc(NC(=O)N2CC=C(c3ncc([C@H](O)CO)cc3F)CC2)ccc1C(F)(F)F.O=C(Nc1ccc(Cl)c(C(F)(F)F)c1)N1CC=C(c2ncc([C@H](O)CO)cc2F)CC1.O=C(Nc1ccc(OC(F)(F)F)c(Cl)c1)N1CC=C(c2ncc([C@H](O)CO)cc2F)CC1. The molecule has 12 N–H and O–H groups in total. The summed E-state index contributed by atoms with van der Waals surface area (Å²) in [4.78, 5) is 71.3. The van der Waals surface area contributed by atoms with Crippen LogP contribution in [0.2, 0.25) is 15.1 Å². The van der Waals surface area contributed by atoms with Crippen LogP contribution in [0.3, 0.4) is 0 Å². The zero-order valence-corrected chi connectivity index (χ0v) is 69.5. The molecule has 4 aromatic carbocycles. The highest BCUT2D eigenvalue weighted by Crippen LogP contribution is 2.40. The number of pyridine rings is 4. The van der Waals surface area contributed by atoms with Gasteiger partial charge < -0.3 is 86.5 Å². The minimum Gasteiger partial charge on any atom is -0.404 e. The predicted molar refractivity (Wildman–Crippen MR) is 438 cm³/mol. The molecule has 0 unspecified atom stereocenters. The van der Waals surface area contributed by atoms with Crippen molar-refractivity contribution < 1.29 is 135 Å². The Morgan fingerprint density at radius 2 is 0.748 bits per heavy atom. The van der Waals surface area contributed by atoms with Crippen molar-refractivity contribution in [3.05, 3.63) is 246 Å². The van der Waals surface area contributed by atoms with Crippen molar-refractivity contribution in [1.82, 2.24) is 39.5 Å². The Balaban J connectivity index is 0.000000191. The average Bonchev–Trinajstić information content (AvgIpc) is 0.791. The molecule has 8 amide bonds. The lowest BCUT2D eigenvalue weighted by molar-refractivity contribution is -0.274. The van der Waals surface area contributed by atoms with E-state index in [1.54, 1.807) is 24.3 Å². The Bertz CT molecular complexity index is 5560. The quantitative estimate of drug-likeness (QED) is 0.0335. The molecule has 0 radical (unpaired) electrons. The van der Waals surface area contributed by atoms with Crippen LogP contribution in [0.15, 0.2) is 157 Å². The number of aryl methyl sites for hydroxylation is 1. The molecule has 682 valence electrons. The molecule has 0 spiro atoms. The van der Waals surface area contributed by atoms with E-state index in [1.807, 2.05) is 0 Å². The van der Waals surface area contributed by atoms with Gasteiger partial charge in [0, 0.05) is 129 Å². The standard InChI is InChI=1S/C21H22ClF2N3O5S.C21H21F4N3O3.C20H18ClF4N3O4.C20H18ClF4N3O3/c1-21(23,24)33(31,32)16-4-2-15(3-5-16)26-20(30)27-8-6-13(7-9-27)19-17(22)10-14(11-25-19)18(29)12-28;1-12-8-15(2-3-16(12)21(23,24)25)27-20(31)28-6-4-13(5-7-28)19-17(22)9-14(10-26-19)18(30)11-29;21-14-8-13(1-2-17(14)32-20(23,24)25)27-19(31)28-5-3-11(4-6-28)18-15(22)7-12(9-26-18)16(30)10-29;21-15-2-1-13(8-14(15)20(23,24)25)27-19(31)28-5-3-11(4-6-28)18-16(22)7-12(9-26-18)17(30)10-29/h2-6,10-11,18,28-29H,7-9,12H2,1H3,(H,26,30);2-4,8-10,18,29-30H,5-7,11H2,1H3,(H,27,31);1-3,7-9,16,29-30H,4-6,10H2,(H,27,31);1-3,7-9,17,29-30H,4-6,10H2,(H,27,31)/t2*18-;16-;17-/m1111/s1. The molecule has 4 atom stereocenters. The molecule has 4 aromatic heterocycles. The van der Waals surface area contributed by atoms with E-state index < -0.39 is 153 Å². The normalized spacial score (nSPS) is 15.5. The summed E-state index contributed by atoms with van der Waals surface area (Å²) in [5, 5.41) is 80.0. The van der Waals surface area contributed by atoms with Gasteiger partial charge in [-0.3, -0.25) is 19.9 Å². The number of hydrogen-bond donors (Lipinski definition) is 12. The fourth-order valence-electron chi connectivity index (χ4n) is 12.6. The lowest BCUT2D eigenvalue weighted by Crippen LogP contribution is -2.38. The topological polar surface area (TPSA) is 386 Å². The van der Waals surface area contributed by atoms with E-state index in [2.05, 4.69) is 45.9 Å². The average molecular weight is 1880 g/mol. The third-order valence-corrected chi connectivity index (χ3v) is 22.2. The van der Waals surface area contributed by atoms with Crippen molar-refractivity contribution in [2.75, 3.05) is 100 Å². The lowest BCUT2D eigenvalue weighted by Gasteiger charge is -2.27. The number of carbonyl (C=O) groups excluding carboxylic acids is 4. The molecule has 0 bridgehead atoms. The molecule has 12 rings (SSSR count). The fourth-order valence-corrected chi connectivity index (χ4v) is 14.2. The van der Waals surface area contributed by atoms with E-state index in [9.17, 15) is 109 Å². The first kappa shape index (κ1) is 99.6. The summed E-state index contributed by atoms with van der Waals surface area (Å²) in [5.41, 5.74) is 3.00. The van der Waals surface area contributed by atoms with E-state index in [1.165, 1.54) is 93.8 Å². The Morgan fingerprint density at radius 3 is 1.06 bits per heavy atom. The van der Waals surface area contributed by atoms with Crippen LogP contribution in [-0.2, 0) is 22.2 Å². The monoisotopic (exact) mass is 1870 g/mol. The Morgan fingerprint density at radius 1 is 0.425 bits per heavy atom. The van der Waals surface area contributed by atoms with Crippen molar-refractivity contribution >= 4 is 114 Å². The Kier molecular flexibility index (Phi) is 33.8. The van der Waals surface area contributed by atoms with Gasteiger partial charge in [0.25, 0.3) is 0 Å². The zero-order valence-electron chi connectivity index (χ0n) is 66.4. The first-order valence-corrected chi connectivity index (χ1v) is 40.4. The smallest absolute Gasteiger partial charge is 0.404 e. The summed E-state index contributed by atoms with van der Waals surface area (Å²) in [5.74, 6) is -2.56. The second kappa shape index (κ2) is 43.1. The number of sulfone groups is 1. The van der Waals surface area contributed by atoms with Gasteiger partial charge >= 0.3 is 48.1 Å². The number of urea groups is 4. The number of nitrogens with zero attached hydrogens (tertiary/aromatic N) is 8. The highest BCUT2D eigenvalue weighted by molar-refractivity contribution is 7.92. The van der Waals surface area contributed by atoms with Crippen molar-refractivity contribution in [3.8, 4) is 5.75 Å². The van der Waals surface area contributed by atoms with Crippen molar-refractivity contribution in [3.63, 3.8) is 0 Å². The number of anilines is 4. The van der Waals surface area contributed by atoms with Gasteiger partial charge in [-0.1, -0.05) is 59.1 Å². The molecule has 27 nitrogen and oxygen atoms in total. The van der Waals surface area contributed by atoms with Gasteiger partial charge in [0.2, 0.25) is 9.84 Å². The minimum atomic E-state index is -4.89. The number of benzene rings is 4. The maximum absolute atomic E-state index is 14.4. The minimum absolute atomic E-state index is 0.00226. The number of hydrogen-bond acceptors (Lipinski definition) is 19. The maximum Gasteiger partial charge on any atom is 0.573 e. The van der Waals surface area contributed by atoms with E-state index >= 15 is 0 Å². The Hall–Kier alpha value is -11.2. The van der Waals surface area contributed by atoms with Crippen molar-refractivity contribution in [1.29, 1.82) is 0 Å². The van der Waals surface area contributed by atoms with Crippen LogP contribution in [0.4, 0.5) is 103 Å². The van der Waals surface area contributed by atoms with Gasteiger partial charge in [-0.05, 0) is 164 Å². The molecule has 4 aliphatic heterocycles. The number of aromatic nitrogens is 4. The van der Waals surface area contributed by atoms with Crippen LogP contribution >= 0.6 is 34.8 Å². The molecule has 0 saturated heterocycles. The van der Waals surface area contributed by atoms with Crippen molar-refractivity contribution in [2.45, 2.75) is 92.8 Å². The highest BCUT2D eigenvalue weighted by atomic mass is 35.5. The third-order valence-electron chi connectivity index (χ3n) is 19.5. The van der Waals surface area contributed by atoms with Gasteiger partial charge in [0.15, 0.2) is 0 Å². The highest BCUT2D eigenvalue weighted by Gasteiger charge is 2.41. The number of rotatable bonds is 19. The molecule has 45 heteroatoms. The van der Waals surface area contributed by atoms with Crippen LogP contribution in [0, 0.1) is 24.4 Å². The number of aliphatic hydroxyl groups excluding tert-OH is 8. The first-order valence-electron chi connectivity index (χ1n) is 37.8. The molecule has 4 aliphatic rings. The van der Waals surface area contributed by atoms with Crippen LogP contribution in [-0.4, -0.2) is 203 Å². The van der Waals surface area contributed by atoms with E-state index in [0.29, 0.717) is 65.7 Å². The summed E-state index contributed by atoms with van der Waals surface area (Å²) in [6, 6.07) is 17.1. The summed E-state index contributed by atoms with van der Waals surface area (Å²) < 4.78 is 211. The number of ether oxygens (including phenoxy) is 1. The lowest BCUT2D eigenvalue weighted by atomic mass is 10.0. The van der Waals surface area contributed by atoms with Gasteiger partial charge in [-0.25, -0.2) is 40.8 Å². The number of amides is 8. The van der Waals surface area contributed by atoms with Crippen LogP contribution in [0.25, 0.3) is 22.3 Å². The summed E-state index contributed by atoms with van der Waals surface area (Å²) in [6.07, 6.45) is -5.48. The van der Waals surface area contributed by atoms with Crippen LogP contribution in [0.5, 0.6) is 5.75 Å². The molecule has 0 aliphatic carbocycles. The third kappa shape index (κ3) is 26.7. The molecule has 0 fully saturated rings. The number of aliphatic hydroxyl groups is 8. The molecule has 8 heterocycles. The second-order valence-corrected chi connectivity index (χ2v) is 31.8. The van der Waals surface area contributed by atoms with E-state index in [0.717, 1.165) is 66.2 Å². The largest absolute Gasteiger partial charge is 0.573 e. The zero-order chi connectivity index (χ0) is 93.4. The van der Waals surface area contributed by atoms with E-state index in [-0.39, 0.29) is 119 Å². The molecule has 0 saturated carbocycles. The molecule has 127 heavy (non-hydrogen) atoms. The first-order chi connectivity index (χ1) is 59.7. The fraction of sp³-hybridized carbons (Fsp3) is 0.317. The summed E-state index contributed by atoms with van der Waals surface area (Å²) >= 11 is 17.6. The Labute approximate surface area is 729 Å². The molecular formula is C82H79Cl3F14N12O15S. The second-order valence-electron chi connectivity index (χ2n) is 28.4. The number of carbonyl (C=O) groups is 4. The van der Waals surface area contributed by atoms with Gasteiger partial charge in [0.1, 0.15) is 64.7 Å². The number of halogens is 17. The summed E-state index contributed by atoms with van der Waals surface area (Å²) in [7, 11) is -4.79. The van der Waals surface area contributed by atoms with Gasteiger partial charge in [0.05, 0.1) is 63.2 Å².